The van der Waals surface area contributed by atoms with Crippen LogP contribution in [0, 0.1) is 11.5 Å². The average Bonchev–Trinajstić information content (AvgIpc) is 2.65. The zero-order valence-corrected chi connectivity index (χ0v) is 16.6. The molecule has 140 valence electrons. The van der Waals surface area contributed by atoms with E-state index in [-0.39, 0.29) is 6.10 Å². The van der Waals surface area contributed by atoms with E-state index < -0.39 is 0 Å². The fourth-order valence-corrected chi connectivity index (χ4v) is 4.27. The Balaban J connectivity index is 1.62. The van der Waals surface area contributed by atoms with E-state index in [1.165, 1.54) is 5.56 Å². The van der Waals surface area contributed by atoms with Gasteiger partial charge >= 0.3 is 0 Å². The van der Waals surface area contributed by atoms with E-state index in [9.17, 15) is 0 Å². The Morgan fingerprint density at radius 1 is 1.35 bits per heavy atom. The summed E-state index contributed by atoms with van der Waals surface area (Å²) in [6, 6.07) is 9.03. The van der Waals surface area contributed by atoms with Crippen LogP contribution in [-0.4, -0.2) is 59.3 Å². The van der Waals surface area contributed by atoms with Crippen LogP contribution in [0.25, 0.3) is 0 Å². The summed E-state index contributed by atoms with van der Waals surface area (Å²) < 4.78 is 5.95. The number of thiocarbonyl (C=S) groups is 1. The first-order chi connectivity index (χ1) is 12.6. The zero-order chi connectivity index (χ0) is 18.5. The Bertz CT molecular complexity index is 654. The summed E-state index contributed by atoms with van der Waals surface area (Å²) in [5.74, 6) is 0. The van der Waals surface area contributed by atoms with Crippen molar-refractivity contribution in [2.24, 2.45) is 0 Å². The largest absolute Gasteiger partial charge is 0.376 e. The molecule has 7 heteroatoms. The first-order valence-electron chi connectivity index (χ1n) is 9.12. The van der Waals surface area contributed by atoms with Crippen LogP contribution in [0.3, 0.4) is 0 Å². The molecule has 0 amide bonds. The van der Waals surface area contributed by atoms with E-state index >= 15 is 0 Å². The lowest BCUT2D eigenvalue weighted by molar-refractivity contribution is -0.0776. The van der Waals surface area contributed by atoms with Gasteiger partial charge in [-0.25, -0.2) is 0 Å². The molecule has 2 fully saturated rings. The average molecular weight is 393 g/mol. The molecule has 2 atom stereocenters. The maximum absolute atomic E-state index is 8.74. The number of hydrogen-bond donors (Lipinski definition) is 1. The predicted octanol–water partition coefficient (Wildman–Crippen LogP) is 2.79. The minimum Gasteiger partial charge on any atom is -0.376 e. The van der Waals surface area contributed by atoms with E-state index in [4.69, 9.17) is 33.8 Å². The number of benzene rings is 1. The minimum atomic E-state index is 0.260. The molecule has 0 saturated carbocycles. The van der Waals surface area contributed by atoms with E-state index in [1.54, 1.807) is 0 Å². The van der Waals surface area contributed by atoms with Crippen LogP contribution in [0.15, 0.2) is 24.3 Å². The molecule has 0 aliphatic carbocycles. The molecule has 2 aliphatic heterocycles. The van der Waals surface area contributed by atoms with Gasteiger partial charge in [0, 0.05) is 36.7 Å². The van der Waals surface area contributed by atoms with E-state index in [0.717, 1.165) is 50.5 Å². The fourth-order valence-electron chi connectivity index (χ4n) is 3.91. The highest BCUT2D eigenvalue weighted by Gasteiger charge is 2.34. The Kier molecular flexibility index (Phi) is 6.71. The van der Waals surface area contributed by atoms with Crippen molar-refractivity contribution in [2.45, 2.75) is 44.4 Å². The Morgan fingerprint density at radius 2 is 2.04 bits per heavy atom. The molecule has 2 aliphatic rings. The third-order valence-corrected chi connectivity index (χ3v) is 5.89. The quantitative estimate of drug-likeness (QED) is 0.485. The van der Waals surface area contributed by atoms with Crippen LogP contribution in [0.4, 0.5) is 0 Å². The summed E-state index contributed by atoms with van der Waals surface area (Å²) in [4.78, 5) is 4.72. The Morgan fingerprint density at radius 3 is 2.69 bits per heavy atom. The van der Waals surface area contributed by atoms with Gasteiger partial charge in [0.25, 0.3) is 0 Å². The number of nitrogens with zero attached hydrogens (tertiary/aromatic N) is 3. The minimum absolute atomic E-state index is 0.260. The van der Waals surface area contributed by atoms with Crippen molar-refractivity contribution in [1.29, 1.82) is 5.26 Å². The molecule has 26 heavy (non-hydrogen) atoms. The van der Waals surface area contributed by atoms with Crippen molar-refractivity contribution in [1.82, 2.24) is 15.1 Å². The molecule has 1 aromatic carbocycles. The third-order valence-electron chi connectivity index (χ3n) is 5.28. The fraction of sp³-hybridized carbons (Fsp3) is 0.579. The van der Waals surface area contributed by atoms with Crippen molar-refractivity contribution in [2.75, 3.05) is 26.2 Å². The summed E-state index contributed by atoms with van der Waals surface area (Å²) in [7, 11) is 0. The number of hydrogen-bond acceptors (Lipinski definition) is 4. The maximum Gasteiger partial charge on any atom is 0.183 e. The van der Waals surface area contributed by atoms with Gasteiger partial charge in [0.15, 0.2) is 11.3 Å². The smallest absolute Gasteiger partial charge is 0.183 e. The second kappa shape index (κ2) is 9.01. The predicted molar refractivity (Wildman–Crippen MR) is 107 cm³/mol. The number of nitriles is 1. The molecule has 1 N–H and O–H groups in total. The molecule has 0 radical (unpaired) electrons. The molecule has 5 nitrogen and oxygen atoms in total. The highest BCUT2D eigenvalue weighted by atomic mass is 35.5. The number of rotatable bonds is 3. The van der Waals surface area contributed by atoms with Crippen LogP contribution in [0.1, 0.15) is 25.3 Å². The summed E-state index contributed by atoms with van der Waals surface area (Å²) in [6.07, 6.45) is 5.25. The van der Waals surface area contributed by atoms with Gasteiger partial charge in [0.2, 0.25) is 0 Å². The normalized spacial score (nSPS) is 24.9. The van der Waals surface area contributed by atoms with Crippen molar-refractivity contribution in [3.05, 3.63) is 34.9 Å². The van der Waals surface area contributed by atoms with Gasteiger partial charge in [-0.1, -0.05) is 23.7 Å². The maximum atomic E-state index is 8.74. The van der Waals surface area contributed by atoms with Crippen LogP contribution in [0.5, 0.6) is 0 Å². The Hall–Kier alpha value is -1.39. The van der Waals surface area contributed by atoms with Crippen molar-refractivity contribution < 1.29 is 4.74 Å². The first kappa shape index (κ1) is 19.4. The summed E-state index contributed by atoms with van der Waals surface area (Å²) in [6.45, 7) is 5.64. The van der Waals surface area contributed by atoms with Crippen LogP contribution in [-0.2, 0) is 11.2 Å². The lowest BCUT2D eigenvalue weighted by Crippen LogP contribution is -2.57. The van der Waals surface area contributed by atoms with Crippen LogP contribution < -0.4 is 5.32 Å². The van der Waals surface area contributed by atoms with Gasteiger partial charge in [0.1, 0.15) is 0 Å². The lowest BCUT2D eigenvalue weighted by atomic mass is 9.96. The van der Waals surface area contributed by atoms with E-state index in [2.05, 4.69) is 34.2 Å². The van der Waals surface area contributed by atoms with Gasteiger partial charge in [-0.3, -0.25) is 10.2 Å². The van der Waals surface area contributed by atoms with Crippen LogP contribution in [0.2, 0.25) is 5.02 Å². The summed E-state index contributed by atoms with van der Waals surface area (Å²) in [5.41, 5.74) is 1.29. The molecular weight excluding hydrogens is 368 g/mol. The highest BCUT2D eigenvalue weighted by Crippen LogP contribution is 2.25. The van der Waals surface area contributed by atoms with Gasteiger partial charge in [-0.15, -0.1) is 0 Å². The summed E-state index contributed by atoms with van der Waals surface area (Å²) >= 11 is 11.3. The number of halogens is 1. The molecule has 0 spiro atoms. The highest BCUT2D eigenvalue weighted by molar-refractivity contribution is 7.80. The second-order valence-electron chi connectivity index (χ2n) is 7.09. The summed E-state index contributed by atoms with van der Waals surface area (Å²) in [5, 5.41) is 12.6. The molecule has 0 bridgehead atoms. The lowest BCUT2D eigenvalue weighted by Gasteiger charge is -2.46. The SMILES string of the molecule is C[C@H]1CN(C2CCN(C(=S)NC#N)CC2)[C@@H](Cc2ccc(Cl)cc2)CO1. The van der Waals surface area contributed by atoms with Gasteiger partial charge in [-0.2, -0.15) is 5.26 Å². The third kappa shape index (κ3) is 4.86. The topological polar surface area (TPSA) is 51.5 Å². The molecule has 1 aromatic rings. The monoisotopic (exact) mass is 392 g/mol. The number of piperidine rings is 1. The molecule has 0 unspecified atom stereocenters. The standard InChI is InChI=1S/C19H25ClN4OS/c1-14-11-24(17-6-8-23(9-7-17)19(26)22-13-21)18(12-25-14)10-15-2-4-16(20)5-3-15/h2-5,14,17-18H,6-12H2,1H3,(H,22,26)/t14-,18-/m0/s1. The number of nitrogens with one attached hydrogen (secondary N) is 1. The molecule has 2 saturated heterocycles. The van der Waals surface area contributed by atoms with Gasteiger partial charge < -0.3 is 9.64 Å². The number of morpholine rings is 1. The molecule has 3 rings (SSSR count). The van der Waals surface area contributed by atoms with E-state index in [1.807, 2.05) is 18.3 Å². The van der Waals surface area contributed by atoms with Gasteiger partial charge in [0.05, 0.1) is 12.7 Å². The molecule has 2 heterocycles. The van der Waals surface area contributed by atoms with Crippen molar-refractivity contribution in [3.8, 4) is 6.19 Å². The van der Waals surface area contributed by atoms with Crippen molar-refractivity contribution in [3.63, 3.8) is 0 Å². The zero-order valence-electron chi connectivity index (χ0n) is 15.0. The molecule has 0 aromatic heterocycles. The van der Waals surface area contributed by atoms with Crippen LogP contribution >= 0.6 is 23.8 Å². The van der Waals surface area contributed by atoms with E-state index in [0.29, 0.717) is 17.2 Å². The second-order valence-corrected chi connectivity index (χ2v) is 7.91. The van der Waals surface area contributed by atoms with Crippen molar-refractivity contribution >= 4 is 28.9 Å². The molecular formula is C19H25ClN4OS. The van der Waals surface area contributed by atoms with Gasteiger partial charge in [-0.05, 0) is 56.1 Å². The first-order valence-corrected chi connectivity index (χ1v) is 9.91. The number of ether oxygens (including phenoxy) is 1. The number of likely N-dealkylation sites (tertiary alicyclic amines) is 1. The Labute approximate surface area is 165 Å².